The van der Waals surface area contributed by atoms with E-state index in [0.29, 0.717) is 5.15 Å². The van der Waals surface area contributed by atoms with Crippen LogP contribution in [0.4, 0.5) is 0 Å². The van der Waals surface area contributed by atoms with Crippen molar-refractivity contribution in [1.29, 1.82) is 0 Å². The molecule has 0 aliphatic carbocycles. The van der Waals surface area contributed by atoms with Crippen LogP contribution in [0.2, 0.25) is 5.15 Å². The Hall–Kier alpha value is -0.495. The Bertz CT molecular complexity index is 202. The van der Waals surface area contributed by atoms with Crippen molar-refractivity contribution >= 4 is 19.4 Å². The average molecular weight is 139 g/mol. The highest BCUT2D eigenvalue weighted by Crippen LogP contribution is 2.05. The van der Waals surface area contributed by atoms with E-state index in [1.807, 2.05) is 12.1 Å². The summed E-state index contributed by atoms with van der Waals surface area (Å²) in [5.74, 6) is 0. The maximum absolute atomic E-state index is 5.61. The minimum Gasteiger partial charge on any atom is -0.245 e. The second kappa shape index (κ2) is 2.88. The SMILES string of the molecule is BCc1ccnc(Cl)c1. The lowest BCUT2D eigenvalue weighted by Crippen LogP contribution is -1.83. The molecular formula is C6H7BClN. The highest BCUT2D eigenvalue weighted by Gasteiger charge is 1.88. The third-order valence-corrected chi connectivity index (χ3v) is 1.41. The lowest BCUT2D eigenvalue weighted by Gasteiger charge is -1.92. The molecule has 0 amide bonds. The van der Waals surface area contributed by atoms with E-state index < -0.39 is 0 Å². The number of hydrogen-bond acceptors (Lipinski definition) is 1. The summed E-state index contributed by atoms with van der Waals surface area (Å²) in [5, 5.41) is 0.578. The molecule has 9 heavy (non-hydrogen) atoms. The molecule has 0 fully saturated rings. The molecule has 0 radical (unpaired) electrons. The van der Waals surface area contributed by atoms with Gasteiger partial charge < -0.3 is 0 Å². The second-order valence-corrected chi connectivity index (χ2v) is 2.23. The molecule has 3 heteroatoms. The molecule has 0 atom stereocenters. The minimum atomic E-state index is 0.578. The Kier molecular flexibility index (Phi) is 2.12. The van der Waals surface area contributed by atoms with Gasteiger partial charge in [-0.25, -0.2) is 4.98 Å². The Balaban J connectivity index is 2.94. The van der Waals surface area contributed by atoms with Crippen LogP contribution >= 0.6 is 11.6 Å². The lowest BCUT2D eigenvalue weighted by molar-refractivity contribution is 1.27. The number of aromatic nitrogens is 1. The summed E-state index contributed by atoms with van der Waals surface area (Å²) in [6.45, 7) is 0. The van der Waals surface area contributed by atoms with Gasteiger partial charge in [0.25, 0.3) is 0 Å². The van der Waals surface area contributed by atoms with Gasteiger partial charge in [0.15, 0.2) is 0 Å². The van der Waals surface area contributed by atoms with Crippen LogP contribution in [-0.4, -0.2) is 12.8 Å². The monoisotopic (exact) mass is 139 g/mol. The van der Waals surface area contributed by atoms with E-state index in [9.17, 15) is 0 Å². The number of nitrogens with zero attached hydrogens (tertiary/aromatic N) is 1. The van der Waals surface area contributed by atoms with Gasteiger partial charge in [0.2, 0.25) is 0 Å². The largest absolute Gasteiger partial charge is 0.245 e. The Morgan fingerprint density at radius 2 is 2.44 bits per heavy atom. The number of hydrogen-bond donors (Lipinski definition) is 0. The van der Waals surface area contributed by atoms with Gasteiger partial charge >= 0.3 is 0 Å². The molecule has 1 heterocycles. The van der Waals surface area contributed by atoms with E-state index in [1.54, 1.807) is 6.20 Å². The summed E-state index contributed by atoms with van der Waals surface area (Å²) in [6, 6.07) is 3.84. The third kappa shape index (κ3) is 1.72. The van der Waals surface area contributed by atoms with Gasteiger partial charge in [-0.1, -0.05) is 23.5 Å². The van der Waals surface area contributed by atoms with Gasteiger partial charge in [-0.2, -0.15) is 0 Å². The molecule has 1 aromatic rings. The number of halogens is 1. The predicted octanol–water partition coefficient (Wildman–Crippen LogP) is 0.868. The first-order chi connectivity index (χ1) is 4.33. The van der Waals surface area contributed by atoms with Crippen molar-refractivity contribution in [3.8, 4) is 0 Å². The van der Waals surface area contributed by atoms with Gasteiger partial charge in [-0.15, -0.1) is 0 Å². The zero-order valence-electron chi connectivity index (χ0n) is 5.26. The van der Waals surface area contributed by atoms with Crippen molar-refractivity contribution in [3.63, 3.8) is 0 Å². The summed E-state index contributed by atoms with van der Waals surface area (Å²) in [5.41, 5.74) is 1.23. The molecule has 0 bridgehead atoms. The highest BCUT2D eigenvalue weighted by atomic mass is 35.5. The quantitative estimate of drug-likeness (QED) is 0.416. The van der Waals surface area contributed by atoms with Crippen LogP contribution in [-0.2, 0) is 6.32 Å². The molecule has 0 N–H and O–H groups in total. The summed E-state index contributed by atoms with van der Waals surface area (Å²) < 4.78 is 0. The van der Waals surface area contributed by atoms with Crippen LogP contribution in [0.25, 0.3) is 0 Å². The maximum atomic E-state index is 5.61. The molecule has 46 valence electrons. The van der Waals surface area contributed by atoms with E-state index in [2.05, 4.69) is 12.8 Å². The zero-order valence-corrected chi connectivity index (χ0v) is 6.02. The fourth-order valence-corrected chi connectivity index (χ4v) is 0.859. The Morgan fingerprint density at radius 3 is 2.89 bits per heavy atom. The molecule has 1 nitrogen and oxygen atoms in total. The summed E-state index contributed by atoms with van der Waals surface area (Å²) in [7, 11) is 2.09. The molecule has 0 saturated carbocycles. The van der Waals surface area contributed by atoms with E-state index in [1.165, 1.54) is 5.56 Å². The van der Waals surface area contributed by atoms with Crippen molar-refractivity contribution in [3.05, 3.63) is 29.0 Å². The molecule has 0 spiro atoms. The molecule has 0 unspecified atom stereocenters. The van der Waals surface area contributed by atoms with E-state index in [4.69, 9.17) is 11.6 Å². The fourth-order valence-electron chi connectivity index (χ4n) is 0.662. The number of pyridine rings is 1. The standard InChI is InChI=1S/C6H7BClN/c7-4-5-1-2-9-6(8)3-5/h1-3H,4,7H2. The smallest absolute Gasteiger partial charge is 0.129 e. The summed E-state index contributed by atoms with van der Waals surface area (Å²) >= 11 is 5.61. The van der Waals surface area contributed by atoms with Crippen molar-refractivity contribution in [2.24, 2.45) is 0 Å². The lowest BCUT2D eigenvalue weighted by atomic mass is 9.98. The topological polar surface area (TPSA) is 12.9 Å². The van der Waals surface area contributed by atoms with E-state index in [-0.39, 0.29) is 0 Å². The van der Waals surface area contributed by atoms with Gasteiger partial charge in [0, 0.05) is 6.20 Å². The second-order valence-electron chi connectivity index (χ2n) is 1.84. The van der Waals surface area contributed by atoms with Crippen LogP contribution in [0.1, 0.15) is 5.56 Å². The van der Waals surface area contributed by atoms with Crippen LogP contribution in [0.5, 0.6) is 0 Å². The highest BCUT2D eigenvalue weighted by molar-refractivity contribution is 6.29. The van der Waals surface area contributed by atoms with Gasteiger partial charge in [-0.05, 0) is 12.1 Å². The predicted molar refractivity (Wildman–Crippen MR) is 41.5 cm³/mol. The summed E-state index contributed by atoms with van der Waals surface area (Å²) in [4.78, 5) is 3.85. The minimum absolute atomic E-state index is 0.578. The van der Waals surface area contributed by atoms with Crippen molar-refractivity contribution in [2.75, 3.05) is 0 Å². The fraction of sp³-hybridized carbons (Fsp3) is 0.167. The Morgan fingerprint density at radius 1 is 1.67 bits per heavy atom. The normalized spacial score (nSPS) is 9.44. The molecule has 0 saturated heterocycles. The van der Waals surface area contributed by atoms with Crippen LogP contribution in [0, 0.1) is 0 Å². The molecule has 0 aliphatic heterocycles. The molecule has 0 aliphatic rings. The third-order valence-electron chi connectivity index (χ3n) is 1.20. The first-order valence-electron chi connectivity index (χ1n) is 2.93. The first-order valence-corrected chi connectivity index (χ1v) is 3.31. The zero-order chi connectivity index (χ0) is 6.69. The van der Waals surface area contributed by atoms with Crippen molar-refractivity contribution < 1.29 is 0 Å². The van der Waals surface area contributed by atoms with Crippen molar-refractivity contribution in [2.45, 2.75) is 6.32 Å². The van der Waals surface area contributed by atoms with Gasteiger partial charge in [0.05, 0.1) is 0 Å². The maximum Gasteiger partial charge on any atom is 0.129 e. The summed E-state index contributed by atoms with van der Waals surface area (Å²) in [6.07, 6.45) is 2.74. The first kappa shape index (κ1) is 6.62. The molecule has 1 rings (SSSR count). The van der Waals surface area contributed by atoms with Gasteiger partial charge in [0.1, 0.15) is 13.0 Å². The van der Waals surface area contributed by atoms with Crippen LogP contribution < -0.4 is 0 Å². The van der Waals surface area contributed by atoms with E-state index >= 15 is 0 Å². The molecule has 1 aromatic heterocycles. The average Bonchev–Trinajstić information content (AvgIpc) is 1.88. The van der Waals surface area contributed by atoms with Crippen molar-refractivity contribution in [1.82, 2.24) is 4.98 Å². The van der Waals surface area contributed by atoms with Crippen LogP contribution in [0.3, 0.4) is 0 Å². The molecular weight excluding hydrogens is 132 g/mol. The van der Waals surface area contributed by atoms with Gasteiger partial charge in [-0.3, -0.25) is 0 Å². The van der Waals surface area contributed by atoms with E-state index in [0.717, 1.165) is 6.32 Å². The Labute approximate surface area is 60.5 Å². The number of rotatable bonds is 1. The molecule has 0 aromatic carbocycles. The van der Waals surface area contributed by atoms with Crippen LogP contribution in [0.15, 0.2) is 18.3 Å².